The third kappa shape index (κ3) is 5.34. The number of nitrogens with zero attached hydrogens (tertiary/aromatic N) is 1. The number of benzene rings is 2. The average molecular weight is 495 g/mol. The number of ether oxygens (including phenoxy) is 1. The third-order valence-electron chi connectivity index (χ3n) is 6.55. The highest BCUT2D eigenvalue weighted by molar-refractivity contribution is 5.96. The number of amides is 2. The van der Waals surface area contributed by atoms with Crippen LogP contribution in [0.2, 0.25) is 0 Å². The Labute approximate surface area is 209 Å². The smallest absolute Gasteiger partial charge is 0.247 e. The van der Waals surface area contributed by atoms with Gasteiger partial charge in [0.15, 0.2) is 0 Å². The van der Waals surface area contributed by atoms with Gasteiger partial charge in [-0.1, -0.05) is 43.3 Å². The van der Waals surface area contributed by atoms with Crippen LogP contribution in [0.25, 0.3) is 0 Å². The molecule has 3 N–H and O–H groups in total. The molecular weight excluding hydrogens is 463 g/mol. The molecule has 2 aromatic rings. The van der Waals surface area contributed by atoms with E-state index in [2.05, 4.69) is 5.32 Å². The first kappa shape index (κ1) is 25.6. The molecular formula is C28H31FN2O5. The zero-order chi connectivity index (χ0) is 25.7. The Bertz CT molecular complexity index is 1160. The predicted molar refractivity (Wildman–Crippen MR) is 133 cm³/mol. The molecule has 1 aliphatic heterocycles. The molecule has 190 valence electrons. The number of hydrogen-bond donors (Lipinski definition) is 3. The summed E-state index contributed by atoms with van der Waals surface area (Å²) in [7, 11) is 0. The van der Waals surface area contributed by atoms with Crippen molar-refractivity contribution in [3.63, 3.8) is 0 Å². The molecule has 0 aromatic heterocycles. The topological polar surface area (TPSA) is 99.1 Å². The van der Waals surface area contributed by atoms with Crippen LogP contribution in [0.1, 0.15) is 30.4 Å². The standard InChI is InChI=1S/C28H31FN2O5/c1-2-3-11-24(33)31(14-12-18-7-6-8-19(29)16-18)22-17-21(28(35)30-13-15-32)25-20-9-4-5-10-23(20)36-27(25)26(22)34/h3-11,16-17,22,25-27,32,34H,2,12-15H2,1H3,(H,30,35). The summed E-state index contributed by atoms with van der Waals surface area (Å²) in [6.45, 7) is 1.97. The van der Waals surface area contributed by atoms with Crippen LogP contribution in [0, 0.1) is 5.82 Å². The number of nitrogens with one attached hydrogen (secondary N) is 1. The molecule has 2 amide bonds. The van der Waals surface area contributed by atoms with Gasteiger partial charge < -0.3 is 25.2 Å². The van der Waals surface area contributed by atoms with Crippen molar-refractivity contribution in [3.05, 3.63) is 89.3 Å². The number of rotatable bonds is 9. The Morgan fingerprint density at radius 3 is 2.75 bits per heavy atom. The van der Waals surface area contributed by atoms with Gasteiger partial charge in [-0.15, -0.1) is 0 Å². The van der Waals surface area contributed by atoms with Gasteiger partial charge in [0, 0.05) is 24.2 Å². The van der Waals surface area contributed by atoms with Gasteiger partial charge in [0.2, 0.25) is 11.8 Å². The predicted octanol–water partition coefficient (Wildman–Crippen LogP) is 2.49. The number of fused-ring (bicyclic) bond motifs is 3. The van der Waals surface area contributed by atoms with Crippen molar-refractivity contribution >= 4 is 11.8 Å². The number of halogens is 1. The summed E-state index contributed by atoms with van der Waals surface area (Å²) in [4.78, 5) is 27.9. The molecule has 0 radical (unpaired) electrons. The molecule has 8 heteroatoms. The quantitative estimate of drug-likeness (QED) is 0.466. The fraction of sp³-hybridized carbons (Fsp3) is 0.357. The minimum absolute atomic E-state index is 0.0741. The molecule has 0 fully saturated rings. The number of aliphatic hydroxyl groups is 2. The Morgan fingerprint density at radius 2 is 2.00 bits per heavy atom. The Kier molecular flexibility index (Phi) is 8.18. The number of aliphatic hydroxyl groups excluding tert-OH is 2. The summed E-state index contributed by atoms with van der Waals surface area (Å²) in [5.41, 5.74) is 1.87. The molecule has 2 aliphatic rings. The normalized spacial score (nSPS) is 22.4. The van der Waals surface area contributed by atoms with Crippen LogP contribution in [-0.2, 0) is 16.0 Å². The molecule has 4 atom stereocenters. The summed E-state index contributed by atoms with van der Waals surface area (Å²) in [5, 5.41) is 23.4. The van der Waals surface area contributed by atoms with E-state index in [0.29, 0.717) is 29.7 Å². The van der Waals surface area contributed by atoms with Gasteiger partial charge in [-0.2, -0.15) is 0 Å². The van der Waals surface area contributed by atoms with E-state index >= 15 is 0 Å². The Morgan fingerprint density at radius 1 is 1.19 bits per heavy atom. The van der Waals surface area contributed by atoms with E-state index in [1.165, 1.54) is 23.1 Å². The fourth-order valence-corrected chi connectivity index (χ4v) is 4.85. The van der Waals surface area contributed by atoms with Crippen molar-refractivity contribution in [2.75, 3.05) is 19.7 Å². The van der Waals surface area contributed by atoms with Crippen LogP contribution in [-0.4, -0.2) is 64.9 Å². The van der Waals surface area contributed by atoms with Crippen LogP contribution >= 0.6 is 0 Å². The van der Waals surface area contributed by atoms with Crippen LogP contribution in [0.5, 0.6) is 5.75 Å². The number of carbonyl (C=O) groups excluding carboxylic acids is 2. The number of allylic oxidation sites excluding steroid dienone is 1. The molecule has 0 bridgehead atoms. The van der Waals surface area contributed by atoms with Crippen molar-refractivity contribution in [2.45, 2.75) is 43.9 Å². The first-order chi connectivity index (χ1) is 17.4. The van der Waals surface area contributed by atoms with E-state index in [1.807, 2.05) is 25.1 Å². The molecule has 2 aromatic carbocycles. The summed E-state index contributed by atoms with van der Waals surface area (Å²) < 4.78 is 19.8. The molecule has 0 saturated carbocycles. The van der Waals surface area contributed by atoms with Gasteiger partial charge in [-0.05, 0) is 48.8 Å². The first-order valence-corrected chi connectivity index (χ1v) is 12.2. The van der Waals surface area contributed by atoms with Crippen molar-refractivity contribution < 1.29 is 28.9 Å². The monoisotopic (exact) mass is 494 g/mol. The van der Waals surface area contributed by atoms with Crippen LogP contribution in [0.3, 0.4) is 0 Å². The third-order valence-corrected chi connectivity index (χ3v) is 6.55. The van der Waals surface area contributed by atoms with E-state index in [9.17, 15) is 24.2 Å². The van der Waals surface area contributed by atoms with E-state index < -0.39 is 30.1 Å². The molecule has 4 rings (SSSR count). The highest BCUT2D eigenvalue weighted by Crippen LogP contribution is 2.47. The lowest BCUT2D eigenvalue weighted by atomic mass is 9.77. The average Bonchev–Trinajstić information content (AvgIpc) is 3.27. The maximum absolute atomic E-state index is 13.7. The van der Waals surface area contributed by atoms with E-state index in [-0.39, 0.29) is 31.4 Å². The van der Waals surface area contributed by atoms with Crippen molar-refractivity contribution in [1.82, 2.24) is 10.2 Å². The van der Waals surface area contributed by atoms with Crippen molar-refractivity contribution in [2.24, 2.45) is 0 Å². The van der Waals surface area contributed by atoms with Crippen LogP contribution in [0.4, 0.5) is 4.39 Å². The molecule has 0 saturated heterocycles. The molecule has 1 aliphatic carbocycles. The van der Waals surface area contributed by atoms with Gasteiger partial charge >= 0.3 is 0 Å². The van der Waals surface area contributed by atoms with Crippen molar-refractivity contribution in [3.8, 4) is 5.75 Å². The summed E-state index contributed by atoms with van der Waals surface area (Å²) in [5.74, 6) is -1.01. The number of para-hydroxylation sites is 1. The van der Waals surface area contributed by atoms with Gasteiger partial charge in [0.1, 0.15) is 23.8 Å². The first-order valence-electron chi connectivity index (χ1n) is 12.2. The zero-order valence-corrected chi connectivity index (χ0v) is 20.1. The largest absolute Gasteiger partial charge is 0.486 e. The van der Waals surface area contributed by atoms with Gasteiger partial charge in [0.25, 0.3) is 0 Å². The second kappa shape index (κ2) is 11.5. The lowest BCUT2D eigenvalue weighted by Crippen LogP contribution is -2.56. The second-order valence-corrected chi connectivity index (χ2v) is 8.90. The molecule has 1 heterocycles. The second-order valence-electron chi connectivity index (χ2n) is 8.90. The minimum Gasteiger partial charge on any atom is -0.486 e. The zero-order valence-electron chi connectivity index (χ0n) is 20.1. The highest BCUT2D eigenvalue weighted by atomic mass is 19.1. The van der Waals surface area contributed by atoms with Crippen LogP contribution < -0.4 is 10.1 Å². The summed E-state index contributed by atoms with van der Waals surface area (Å²) in [6, 6.07) is 12.6. The van der Waals surface area contributed by atoms with Gasteiger partial charge in [0.05, 0.1) is 18.6 Å². The summed E-state index contributed by atoms with van der Waals surface area (Å²) >= 11 is 0. The lowest BCUT2D eigenvalue weighted by Gasteiger charge is -2.40. The highest BCUT2D eigenvalue weighted by Gasteiger charge is 2.50. The van der Waals surface area contributed by atoms with Gasteiger partial charge in [-0.3, -0.25) is 9.59 Å². The van der Waals surface area contributed by atoms with Crippen molar-refractivity contribution in [1.29, 1.82) is 0 Å². The lowest BCUT2D eigenvalue weighted by molar-refractivity contribution is -0.132. The Hall–Kier alpha value is -3.49. The summed E-state index contributed by atoms with van der Waals surface area (Å²) in [6.07, 6.45) is 3.96. The number of hydrogen-bond acceptors (Lipinski definition) is 5. The SMILES string of the molecule is CCC=CC(=O)N(CCc1cccc(F)c1)C1C=C(C(=O)NCCO)C2c3ccccc3OC2C1O. The van der Waals surface area contributed by atoms with E-state index in [0.717, 1.165) is 5.56 Å². The maximum Gasteiger partial charge on any atom is 0.247 e. The molecule has 36 heavy (non-hydrogen) atoms. The Balaban J connectivity index is 1.71. The number of carbonyl (C=O) groups is 2. The minimum atomic E-state index is -1.11. The van der Waals surface area contributed by atoms with Crippen LogP contribution in [0.15, 0.2) is 72.3 Å². The molecule has 4 unspecified atom stereocenters. The fourth-order valence-electron chi connectivity index (χ4n) is 4.85. The molecule has 7 nitrogen and oxygen atoms in total. The van der Waals surface area contributed by atoms with E-state index in [4.69, 9.17) is 4.74 Å². The van der Waals surface area contributed by atoms with E-state index in [1.54, 1.807) is 30.4 Å². The molecule has 0 spiro atoms. The maximum atomic E-state index is 13.7. The van der Waals surface area contributed by atoms with Gasteiger partial charge in [-0.25, -0.2) is 4.39 Å².